The van der Waals surface area contributed by atoms with Gasteiger partial charge in [-0.2, -0.15) is 0 Å². The largest absolute Gasteiger partial charge is 0.249 e. The standard InChI is InChI=1S/C10H14BrN/c1-10(2,3)6-8-4-5-9(11)12-7-8/h4-5,7H,6H2,1-3H3. The molecule has 1 nitrogen and oxygen atoms in total. The second kappa shape index (κ2) is 3.56. The molecular formula is C10H14BrN. The van der Waals surface area contributed by atoms with Gasteiger partial charge in [0.15, 0.2) is 0 Å². The van der Waals surface area contributed by atoms with E-state index in [4.69, 9.17) is 0 Å². The summed E-state index contributed by atoms with van der Waals surface area (Å²) in [5, 5.41) is 0. The first-order valence-corrected chi connectivity index (χ1v) is 4.87. The molecule has 0 aliphatic rings. The molecular weight excluding hydrogens is 214 g/mol. The number of pyridine rings is 1. The van der Waals surface area contributed by atoms with E-state index in [2.05, 4.69) is 47.8 Å². The molecule has 0 spiro atoms. The van der Waals surface area contributed by atoms with Crippen LogP contribution in [0.4, 0.5) is 0 Å². The molecule has 0 bridgehead atoms. The monoisotopic (exact) mass is 227 g/mol. The van der Waals surface area contributed by atoms with Crippen molar-refractivity contribution in [3.8, 4) is 0 Å². The van der Waals surface area contributed by atoms with Crippen LogP contribution in [0.3, 0.4) is 0 Å². The lowest BCUT2D eigenvalue weighted by Crippen LogP contribution is -2.09. The Morgan fingerprint density at radius 3 is 2.42 bits per heavy atom. The predicted octanol–water partition coefficient (Wildman–Crippen LogP) is 3.43. The molecule has 1 rings (SSSR count). The third-order valence-corrected chi connectivity index (χ3v) is 1.99. The SMILES string of the molecule is CC(C)(C)Cc1ccc(Br)nc1. The quantitative estimate of drug-likeness (QED) is 0.671. The fourth-order valence-electron chi connectivity index (χ4n) is 1.12. The van der Waals surface area contributed by atoms with Crippen molar-refractivity contribution in [3.05, 3.63) is 28.5 Å². The van der Waals surface area contributed by atoms with E-state index in [0.29, 0.717) is 5.41 Å². The Balaban J connectivity index is 2.71. The van der Waals surface area contributed by atoms with Crippen LogP contribution < -0.4 is 0 Å². The summed E-state index contributed by atoms with van der Waals surface area (Å²) in [6.07, 6.45) is 3.00. The van der Waals surface area contributed by atoms with Crippen LogP contribution in [0.1, 0.15) is 26.3 Å². The van der Waals surface area contributed by atoms with Crippen LogP contribution in [0.15, 0.2) is 22.9 Å². The first kappa shape index (κ1) is 9.72. The lowest BCUT2D eigenvalue weighted by Gasteiger charge is -2.17. The number of rotatable bonds is 1. The topological polar surface area (TPSA) is 12.9 Å². The maximum Gasteiger partial charge on any atom is 0.106 e. The number of hydrogen-bond acceptors (Lipinski definition) is 1. The third-order valence-electron chi connectivity index (χ3n) is 1.52. The average Bonchev–Trinajstić information content (AvgIpc) is 1.91. The van der Waals surface area contributed by atoms with E-state index in [0.717, 1.165) is 11.0 Å². The molecule has 0 fully saturated rings. The summed E-state index contributed by atoms with van der Waals surface area (Å²) in [7, 11) is 0. The average molecular weight is 228 g/mol. The van der Waals surface area contributed by atoms with Gasteiger partial charge in [0, 0.05) is 6.20 Å². The van der Waals surface area contributed by atoms with Gasteiger partial charge in [0.1, 0.15) is 4.60 Å². The van der Waals surface area contributed by atoms with Crippen molar-refractivity contribution >= 4 is 15.9 Å². The Bertz CT molecular complexity index is 246. The van der Waals surface area contributed by atoms with Gasteiger partial charge in [-0.1, -0.05) is 26.8 Å². The van der Waals surface area contributed by atoms with Crippen LogP contribution in [0, 0.1) is 5.41 Å². The molecule has 0 atom stereocenters. The highest BCUT2D eigenvalue weighted by molar-refractivity contribution is 9.10. The molecule has 0 saturated carbocycles. The van der Waals surface area contributed by atoms with Gasteiger partial charge in [0.2, 0.25) is 0 Å². The zero-order valence-corrected chi connectivity index (χ0v) is 9.35. The Kier molecular flexibility index (Phi) is 2.89. The first-order valence-electron chi connectivity index (χ1n) is 4.08. The van der Waals surface area contributed by atoms with E-state index in [9.17, 15) is 0 Å². The maximum absolute atomic E-state index is 4.18. The molecule has 0 aliphatic heterocycles. The minimum absolute atomic E-state index is 0.343. The minimum Gasteiger partial charge on any atom is -0.249 e. The van der Waals surface area contributed by atoms with Gasteiger partial charge in [0.25, 0.3) is 0 Å². The summed E-state index contributed by atoms with van der Waals surface area (Å²) in [6, 6.07) is 4.10. The minimum atomic E-state index is 0.343. The van der Waals surface area contributed by atoms with E-state index in [-0.39, 0.29) is 0 Å². The van der Waals surface area contributed by atoms with E-state index in [1.807, 2.05) is 12.3 Å². The van der Waals surface area contributed by atoms with Gasteiger partial charge in [-0.25, -0.2) is 4.98 Å². The first-order chi connectivity index (χ1) is 5.47. The van der Waals surface area contributed by atoms with Crippen molar-refractivity contribution in [3.63, 3.8) is 0 Å². The van der Waals surface area contributed by atoms with Crippen LogP contribution in [-0.4, -0.2) is 4.98 Å². The summed E-state index contributed by atoms with van der Waals surface area (Å²) in [5.74, 6) is 0. The highest BCUT2D eigenvalue weighted by Crippen LogP contribution is 2.20. The molecule has 0 aromatic carbocycles. The maximum atomic E-state index is 4.18. The third kappa shape index (κ3) is 3.35. The van der Waals surface area contributed by atoms with Crippen molar-refractivity contribution in [1.29, 1.82) is 0 Å². The second-order valence-electron chi connectivity index (χ2n) is 4.23. The van der Waals surface area contributed by atoms with Crippen molar-refractivity contribution in [2.45, 2.75) is 27.2 Å². The van der Waals surface area contributed by atoms with Gasteiger partial charge >= 0.3 is 0 Å². The van der Waals surface area contributed by atoms with E-state index >= 15 is 0 Å². The number of nitrogens with zero attached hydrogens (tertiary/aromatic N) is 1. The molecule has 0 saturated heterocycles. The van der Waals surface area contributed by atoms with E-state index in [1.165, 1.54) is 5.56 Å². The van der Waals surface area contributed by atoms with Gasteiger partial charge in [-0.3, -0.25) is 0 Å². The number of hydrogen-bond donors (Lipinski definition) is 0. The summed E-state index contributed by atoms with van der Waals surface area (Å²) in [6.45, 7) is 6.69. The van der Waals surface area contributed by atoms with E-state index < -0.39 is 0 Å². The molecule has 12 heavy (non-hydrogen) atoms. The lowest BCUT2D eigenvalue weighted by atomic mass is 9.89. The molecule has 0 unspecified atom stereocenters. The summed E-state index contributed by atoms with van der Waals surface area (Å²) in [5.41, 5.74) is 1.64. The molecule has 0 amide bonds. The van der Waals surface area contributed by atoms with E-state index in [1.54, 1.807) is 0 Å². The summed E-state index contributed by atoms with van der Waals surface area (Å²) >= 11 is 3.31. The second-order valence-corrected chi connectivity index (χ2v) is 5.04. The van der Waals surface area contributed by atoms with Gasteiger partial charge in [-0.05, 0) is 39.4 Å². The highest BCUT2D eigenvalue weighted by Gasteiger charge is 2.10. The highest BCUT2D eigenvalue weighted by atomic mass is 79.9. The van der Waals surface area contributed by atoms with Crippen LogP contribution in [0.25, 0.3) is 0 Å². The van der Waals surface area contributed by atoms with Crippen LogP contribution in [0.5, 0.6) is 0 Å². The van der Waals surface area contributed by atoms with Gasteiger partial charge in [-0.15, -0.1) is 0 Å². The van der Waals surface area contributed by atoms with Crippen molar-refractivity contribution in [2.24, 2.45) is 5.41 Å². The molecule has 1 aromatic heterocycles. The van der Waals surface area contributed by atoms with Crippen LogP contribution in [-0.2, 0) is 6.42 Å². The Morgan fingerprint density at radius 1 is 1.33 bits per heavy atom. The zero-order valence-electron chi connectivity index (χ0n) is 7.76. The molecule has 1 aromatic rings. The molecule has 0 radical (unpaired) electrons. The smallest absolute Gasteiger partial charge is 0.106 e. The number of halogens is 1. The normalized spacial score (nSPS) is 11.7. The Labute approximate surface area is 82.3 Å². The van der Waals surface area contributed by atoms with Crippen molar-refractivity contribution < 1.29 is 0 Å². The summed E-state index contributed by atoms with van der Waals surface area (Å²) in [4.78, 5) is 4.18. The Morgan fingerprint density at radius 2 is 2.00 bits per heavy atom. The van der Waals surface area contributed by atoms with Crippen molar-refractivity contribution in [2.75, 3.05) is 0 Å². The lowest BCUT2D eigenvalue weighted by molar-refractivity contribution is 0.410. The molecule has 2 heteroatoms. The summed E-state index contributed by atoms with van der Waals surface area (Å²) < 4.78 is 0.903. The van der Waals surface area contributed by atoms with Crippen molar-refractivity contribution in [1.82, 2.24) is 4.98 Å². The molecule has 0 aliphatic carbocycles. The van der Waals surface area contributed by atoms with Crippen LogP contribution >= 0.6 is 15.9 Å². The zero-order chi connectivity index (χ0) is 9.19. The molecule has 66 valence electrons. The number of aromatic nitrogens is 1. The fraction of sp³-hybridized carbons (Fsp3) is 0.500. The predicted molar refractivity (Wildman–Crippen MR) is 55.1 cm³/mol. The molecule has 1 heterocycles. The van der Waals surface area contributed by atoms with Crippen LogP contribution in [0.2, 0.25) is 0 Å². The van der Waals surface area contributed by atoms with Gasteiger partial charge in [0.05, 0.1) is 0 Å². The fourth-order valence-corrected chi connectivity index (χ4v) is 1.36. The molecule has 0 N–H and O–H groups in total. The Hall–Kier alpha value is -0.370. The van der Waals surface area contributed by atoms with Gasteiger partial charge < -0.3 is 0 Å².